The Bertz CT molecular complexity index is 1880. The molecular weight excluding hydrogens is 826 g/mol. The predicted octanol–water partition coefficient (Wildman–Crippen LogP) is 9.25. The van der Waals surface area contributed by atoms with E-state index < -0.39 is 11.2 Å². The fraction of sp³-hybridized carbons (Fsp3) is 0.776. The molecule has 16 atom stereocenters. The Morgan fingerprint density at radius 2 is 1.15 bits per heavy atom. The van der Waals surface area contributed by atoms with E-state index in [0.29, 0.717) is 18.1 Å². The number of hydrogen-bond acceptors (Lipinski definition) is 7. The quantitative estimate of drug-likeness (QED) is 0.169. The third-order valence-electron chi connectivity index (χ3n) is 20.0. The molecule has 0 aromatic carbocycles. The van der Waals surface area contributed by atoms with Gasteiger partial charge in [0.25, 0.3) is 0 Å². The molecule has 2 heterocycles. The molecular formula is C58H90LiN3O5. The van der Waals surface area contributed by atoms with Crippen LogP contribution in [0.15, 0.2) is 48.8 Å². The Hall–Kier alpha value is -2.08. The molecule has 9 heteroatoms. The van der Waals surface area contributed by atoms with Crippen molar-refractivity contribution in [1.29, 1.82) is 0 Å². The normalized spacial score (nSPS) is 41.1. The van der Waals surface area contributed by atoms with Crippen LogP contribution in [0, 0.1) is 95.7 Å². The van der Waals surface area contributed by atoms with Gasteiger partial charge in [0, 0.05) is 49.1 Å². The first-order valence-corrected chi connectivity index (χ1v) is 26.8. The molecule has 8 aliphatic rings. The smallest absolute Gasteiger partial charge is 0.390 e. The number of unbranched alkanes of at least 4 members (excludes halogenated alkanes) is 1. The third-order valence-corrected chi connectivity index (χ3v) is 20.0. The predicted molar refractivity (Wildman–Crippen MR) is 264 cm³/mol. The number of hydrogen-bond donors (Lipinski definition) is 2. The number of fused-ring (bicyclic) bond motifs is 10. The minimum atomic E-state index is -0.438. The van der Waals surface area contributed by atoms with Gasteiger partial charge in [-0.3, -0.25) is 24.4 Å². The number of amides is 1. The van der Waals surface area contributed by atoms with E-state index in [-0.39, 0.29) is 47.4 Å². The molecule has 2 aromatic rings. The van der Waals surface area contributed by atoms with Gasteiger partial charge in [-0.1, -0.05) is 39.3 Å². The van der Waals surface area contributed by atoms with Crippen LogP contribution >= 0.6 is 0 Å². The van der Waals surface area contributed by atoms with Crippen LogP contribution in [0.25, 0.3) is 0 Å². The summed E-state index contributed by atoms with van der Waals surface area (Å²) in [5.41, 5.74) is 1.47. The molecule has 0 bridgehead atoms. The molecule has 2 aromatic heterocycles. The average molecular weight is 916 g/mol. The van der Waals surface area contributed by atoms with Crippen molar-refractivity contribution < 1.29 is 43.5 Å². The van der Waals surface area contributed by atoms with Gasteiger partial charge in [-0.05, 0) is 231 Å². The largest absolute Gasteiger partial charge is 1.00 e. The number of Topliss-reactive ketones (excluding diaryl/α,β-unsaturated/α-hetero) is 1. The molecule has 8 fully saturated rings. The molecule has 10 rings (SSSR count). The van der Waals surface area contributed by atoms with Gasteiger partial charge in [-0.25, -0.2) is 5.06 Å². The summed E-state index contributed by atoms with van der Waals surface area (Å²) in [6.07, 6.45) is 27.5. The SMILES string of the molecule is CON(C)C(=O)[C@H]1CC[C@H]2[C@@H]3CC[C@@H]4C[C@](C)(O)CC[C@@H]4[C@H]3CC[C@]12C.C[C@@]1(O)CC[C@H]2[C@H](CC[C@@H]3[C@@H]2CC[C@]2(C)[C@@H](C(=O)Cc4ccccn4)CC[C@@H]32)C1.Cc1ccccn1.[CH2-]CCC.[Li+]. The number of carbonyl (C=O) groups excluding carboxylic acids is 2. The van der Waals surface area contributed by atoms with Crippen LogP contribution < -0.4 is 18.9 Å². The maximum atomic E-state index is 13.3. The van der Waals surface area contributed by atoms with Gasteiger partial charge < -0.3 is 17.1 Å². The molecule has 0 unspecified atom stereocenters. The number of aliphatic hydroxyl groups is 2. The number of aromatic nitrogens is 2. The fourth-order valence-electron chi connectivity index (χ4n) is 16.7. The van der Waals surface area contributed by atoms with Crippen molar-refractivity contribution >= 4 is 11.7 Å². The minimum absolute atomic E-state index is 0. The second-order valence-corrected chi connectivity index (χ2v) is 24.0. The maximum absolute atomic E-state index is 13.3. The zero-order valence-electron chi connectivity index (χ0n) is 43.6. The van der Waals surface area contributed by atoms with E-state index in [2.05, 4.69) is 37.7 Å². The summed E-state index contributed by atoms with van der Waals surface area (Å²) in [5, 5.41) is 22.5. The first-order chi connectivity index (χ1) is 31.4. The first-order valence-electron chi connectivity index (χ1n) is 26.8. The maximum Gasteiger partial charge on any atom is 1.00 e. The van der Waals surface area contributed by atoms with Crippen molar-refractivity contribution in [2.45, 2.75) is 188 Å². The number of aryl methyl sites for hydroxylation is 1. The second kappa shape index (κ2) is 23.0. The molecule has 8 nitrogen and oxygen atoms in total. The number of carbonyl (C=O) groups is 2. The number of hydroxylamine groups is 2. The third kappa shape index (κ3) is 12.0. The number of nitrogens with zero attached hydrogens (tertiary/aromatic N) is 3. The summed E-state index contributed by atoms with van der Waals surface area (Å²) in [4.78, 5) is 39.7. The average Bonchev–Trinajstić information content (AvgIpc) is 3.85. The van der Waals surface area contributed by atoms with Crippen LogP contribution in [0.2, 0.25) is 0 Å². The molecule has 0 aliphatic heterocycles. The van der Waals surface area contributed by atoms with Crippen LogP contribution in [0.5, 0.6) is 0 Å². The van der Waals surface area contributed by atoms with E-state index in [1.807, 2.05) is 57.2 Å². The molecule has 8 aliphatic carbocycles. The summed E-state index contributed by atoms with van der Waals surface area (Å²) in [7, 11) is 3.34. The van der Waals surface area contributed by atoms with Gasteiger partial charge in [-0.15, -0.1) is 0 Å². The van der Waals surface area contributed by atoms with Crippen molar-refractivity contribution in [2.75, 3.05) is 14.2 Å². The summed E-state index contributed by atoms with van der Waals surface area (Å²) in [6.45, 7) is 16.6. The zero-order valence-corrected chi connectivity index (χ0v) is 43.6. The molecule has 8 saturated carbocycles. The van der Waals surface area contributed by atoms with E-state index in [0.717, 1.165) is 110 Å². The summed E-state index contributed by atoms with van der Waals surface area (Å²) in [6, 6.07) is 11.8. The molecule has 368 valence electrons. The Morgan fingerprint density at radius 3 is 1.58 bits per heavy atom. The second-order valence-electron chi connectivity index (χ2n) is 24.0. The van der Waals surface area contributed by atoms with Crippen LogP contribution in [0.1, 0.15) is 174 Å². The first kappa shape index (κ1) is 54.3. The number of ketones is 1. The Kier molecular flexibility index (Phi) is 18.6. The summed E-state index contributed by atoms with van der Waals surface area (Å²) in [5.74, 6) is 8.74. The van der Waals surface area contributed by atoms with Crippen molar-refractivity contribution in [3.63, 3.8) is 0 Å². The molecule has 1 amide bonds. The van der Waals surface area contributed by atoms with Crippen LogP contribution in [-0.2, 0) is 20.8 Å². The Balaban J connectivity index is 0.000000179. The number of rotatable bonds is 6. The van der Waals surface area contributed by atoms with Crippen LogP contribution in [0.4, 0.5) is 0 Å². The van der Waals surface area contributed by atoms with Crippen molar-refractivity contribution in [3.8, 4) is 0 Å². The van der Waals surface area contributed by atoms with Crippen LogP contribution in [0.3, 0.4) is 0 Å². The van der Waals surface area contributed by atoms with Crippen molar-refractivity contribution in [3.05, 3.63) is 67.1 Å². The Labute approximate surface area is 418 Å². The monoisotopic (exact) mass is 916 g/mol. The Morgan fingerprint density at radius 1 is 0.672 bits per heavy atom. The van der Waals surface area contributed by atoms with E-state index in [1.165, 1.54) is 88.5 Å². The van der Waals surface area contributed by atoms with E-state index in [1.54, 1.807) is 26.6 Å². The van der Waals surface area contributed by atoms with Gasteiger partial charge in [0.1, 0.15) is 5.78 Å². The van der Waals surface area contributed by atoms with E-state index in [4.69, 9.17) is 4.84 Å². The summed E-state index contributed by atoms with van der Waals surface area (Å²) < 4.78 is 0. The van der Waals surface area contributed by atoms with Gasteiger partial charge in [-0.2, -0.15) is 6.42 Å². The van der Waals surface area contributed by atoms with Crippen molar-refractivity contribution in [2.24, 2.45) is 81.8 Å². The van der Waals surface area contributed by atoms with E-state index in [9.17, 15) is 19.8 Å². The van der Waals surface area contributed by atoms with Crippen molar-refractivity contribution in [1.82, 2.24) is 15.0 Å². The molecule has 0 spiro atoms. The fourth-order valence-corrected chi connectivity index (χ4v) is 16.7. The number of pyridine rings is 2. The standard InChI is InChI=1S/C26H37NO2.C22H37NO3.C6H7N.C4H9.Li/c1-25(29)12-10-19-17(16-25)6-7-21-20(19)11-13-26(2)22(21)8-9-23(26)24(28)15-18-5-3-4-14-27-18;1-21(25)11-9-15-14(13-21)5-6-17-16(15)10-12-22(2)18(17)7-8-19(22)20(24)23(3)26-4;1-6-4-2-3-5-7-6;1-3-4-2;/h3-5,14,17,19-23,29H,6-13,15-16H2,1-2H3;14-19,25H,5-13H2,1-4H3;2-5H,1H3;1,3-4H2,2H3;/q;;;-1;+1/t17-,19+,20-,21-,22+,23-,25-,26+;14-,15+,16-,17-,18+,19-,21-,22+;;;/m11.../s1. The van der Waals surface area contributed by atoms with E-state index >= 15 is 0 Å². The summed E-state index contributed by atoms with van der Waals surface area (Å²) >= 11 is 0. The van der Waals surface area contributed by atoms with Gasteiger partial charge in [0.2, 0.25) is 5.91 Å². The minimum Gasteiger partial charge on any atom is -0.390 e. The molecule has 0 saturated heterocycles. The van der Waals surface area contributed by atoms with Gasteiger partial charge in [0.05, 0.1) is 18.3 Å². The van der Waals surface area contributed by atoms with Gasteiger partial charge >= 0.3 is 18.9 Å². The van der Waals surface area contributed by atoms with Gasteiger partial charge in [0.15, 0.2) is 0 Å². The zero-order chi connectivity index (χ0) is 47.4. The van der Waals surface area contributed by atoms with Crippen LogP contribution in [-0.4, -0.2) is 62.3 Å². The molecule has 2 N–H and O–H groups in total. The molecule has 67 heavy (non-hydrogen) atoms. The topological polar surface area (TPSA) is 113 Å². The molecule has 0 radical (unpaired) electrons.